The van der Waals surface area contributed by atoms with Crippen molar-refractivity contribution >= 4 is 49.1 Å². The summed E-state index contributed by atoms with van der Waals surface area (Å²) in [5.41, 5.74) is 1.64. The molecule has 4 aromatic rings. The van der Waals surface area contributed by atoms with Crippen molar-refractivity contribution in [1.29, 1.82) is 0 Å². The van der Waals surface area contributed by atoms with Crippen molar-refractivity contribution in [2.45, 2.75) is 0 Å². The van der Waals surface area contributed by atoms with Crippen LogP contribution < -0.4 is 10.9 Å². The standard InChI is InChI=1S/C19H12BrN3O2S/c20-13-6-3-5-12(8-13)16-10-26-19(22-16)23-18(25)15-9-11-4-1-2-7-14(11)17(24)21-15/h1-10H,(H,21,24)(H,22,23,25). The summed E-state index contributed by atoms with van der Waals surface area (Å²) in [4.78, 5) is 31.7. The molecule has 4 rings (SSSR count). The number of aromatic amines is 1. The molecule has 0 aliphatic heterocycles. The number of carbonyl (C=O) groups excluding carboxylic acids is 1. The molecule has 5 nitrogen and oxygen atoms in total. The number of H-pyrrole nitrogens is 1. The Labute approximate surface area is 160 Å². The SMILES string of the molecule is O=C(Nc1nc(-c2cccc(Br)c2)cs1)c1cc2ccccc2c(=O)[nH]1. The number of nitrogens with one attached hydrogen (secondary N) is 2. The molecule has 0 aliphatic carbocycles. The molecular formula is C19H12BrN3O2S. The number of anilines is 1. The predicted molar refractivity (Wildman–Crippen MR) is 108 cm³/mol. The van der Waals surface area contributed by atoms with Crippen LogP contribution in [0.15, 0.2) is 69.2 Å². The third-order valence-corrected chi connectivity index (χ3v) is 5.09. The quantitative estimate of drug-likeness (QED) is 0.500. The van der Waals surface area contributed by atoms with Crippen LogP contribution in [0.25, 0.3) is 22.0 Å². The Kier molecular flexibility index (Phi) is 4.40. The average molecular weight is 426 g/mol. The van der Waals surface area contributed by atoms with Crippen LogP contribution in [0, 0.1) is 0 Å². The number of rotatable bonds is 3. The molecule has 0 aliphatic rings. The van der Waals surface area contributed by atoms with Gasteiger partial charge in [-0.3, -0.25) is 14.9 Å². The Bertz CT molecular complexity index is 1180. The van der Waals surface area contributed by atoms with Crippen LogP contribution in [0.2, 0.25) is 0 Å². The fourth-order valence-corrected chi connectivity index (χ4v) is 3.72. The van der Waals surface area contributed by atoms with Crippen molar-refractivity contribution in [3.8, 4) is 11.3 Å². The summed E-state index contributed by atoms with van der Waals surface area (Å²) in [5.74, 6) is -0.400. The summed E-state index contributed by atoms with van der Waals surface area (Å²) < 4.78 is 0.960. The highest BCUT2D eigenvalue weighted by Gasteiger charge is 2.12. The fraction of sp³-hybridized carbons (Fsp3) is 0. The van der Waals surface area contributed by atoms with Gasteiger partial charge in [0, 0.05) is 20.8 Å². The summed E-state index contributed by atoms with van der Waals surface area (Å²) >= 11 is 4.77. The maximum Gasteiger partial charge on any atom is 0.273 e. The number of carbonyl (C=O) groups is 1. The van der Waals surface area contributed by atoms with Crippen molar-refractivity contribution in [2.75, 3.05) is 5.32 Å². The monoisotopic (exact) mass is 425 g/mol. The topological polar surface area (TPSA) is 74.8 Å². The summed E-state index contributed by atoms with van der Waals surface area (Å²) in [6.45, 7) is 0. The average Bonchev–Trinajstić information content (AvgIpc) is 3.10. The molecule has 2 aromatic carbocycles. The van der Waals surface area contributed by atoms with Gasteiger partial charge in [0.25, 0.3) is 11.5 Å². The molecule has 128 valence electrons. The van der Waals surface area contributed by atoms with Crippen LogP contribution in [-0.4, -0.2) is 15.9 Å². The Morgan fingerprint density at radius 1 is 1.12 bits per heavy atom. The van der Waals surface area contributed by atoms with E-state index in [0.29, 0.717) is 10.5 Å². The number of aromatic nitrogens is 2. The van der Waals surface area contributed by atoms with E-state index in [4.69, 9.17) is 0 Å². The smallest absolute Gasteiger partial charge is 0.273 e. The van der Waals surface area contributed by atoms with Gasteiger partial charge in [0.2, 0.25) is 0 Å². The van der Waals surface area contributed by atoms with Crippen LogP contribution >= 0.6 is 27.3 Å². The van der Waals surface area contributed by atoms with Gasteiger partial charge in [0.1, 0.15) is 5.69 Å². The van der Waals surface area contributed by atoms with Crippen molar-refractivity contribution in [2.24, 2.45) is 0 Å². The van der Waals surface area contributed by atoms with E-state index in [1.165, 1.54) is 11.3 Å². The number of nitrogens with zero attached hydrogens (tertiary/aromatic N) is 1. The first kappa shape index (κ1) is 16.7. The normalized spacial score (nSPS) is 10.8. The molecule has 7 heteroatoms. The summed E-state index contributed by atoms with van der Waals surface area (Å²) in [7, 11) is 0. The first-order chi connectivity index (χ1) is 12.6. The number of halogens is 1. The highest BCUT2D eigenvalue weighted by atomic mass is 79.9. The lowest BCUT2D eigenvalue weighted by Crippen LogP contribution is -2.18. The number of hydrogen-bond acceptors (Lipinski definition) is 4. The van der Waals surface area contributed by atoms with E-state index < -0.39 is 5.91 Å². The predicted octanol–water partition coefficient (Wildman–Crippen LogP) is 4.67. The molecule has 0 saturated carbocycles. The highest BCUT2D eigenvalue weighted by Crippen LogP contribution is 2.27. The molecular weight excluding hydrogens is 414 g/mol. The molecule has 0 spiro atoms. The van der Waals surface area contributed by atoms with Crippen molar-refractivity contribution in [3.63, 3.8) is 0 Å². The van der Waals surface area contributed by atoms with E-state index in [9.17, 15) is 9.59 Å². The summed E-state index contributed by atoms with van der Waals surface area (Å²) in [6, 6.07) is 16.6. The van der Waals surface area contributed by atoms with Crippen LogP contribution in [0.4, 0.5) is 5.13 Å². The van der Waals surface area contributed by atoms with E-state index in [1.807, 2.05) is 35.7 Å². The Balaban J connectivity index is 1.60. The van der Waals surface area contributed by atoms with Crippen molar-refractivity contribution in [3.05, 3.63) is 80.5 Å². The Hall–Kier alpha value is -2.77. The maximum atomic E-state index is 12.5. The zero-order chi connectivity index (χ0) is 18.1. The lowest BCUT2D eigenvalue weighted by Gasteiger charge is -2.03. The Morgan fingerprint density at radius 2 is 1.96 bits per heavy atom. The third-order valence-electron chi connectivity index (χ3n) is 3.84. The van der Waals surface area contributed by atoms with Gasteiger partial charge in [0.15, 0.2) is 5.13 Å². The van der Waals surface area contributed by atoms with Gasteiger partial charge in [-0.25, -0.2) is 4.98 Å². The zero-order valence-electron chi connectivity index (χ0n) is 13.3. The lowest BCUT2D eigenvalue weighted by molar-refractivity contribution is 0.102. The minimum atomic E-state index is -0.400. The van der Waals surface area contributed by atoms with Crippen LogP contribution in [-0.2, 0) is 0 Å². The molecule has 0 fully saturated rings. The fourth-order valence-electron chi connectivity index (χ4n) is 2.61. The van der Waals surface area contributed by atoms with E-state index in [-0.39, 0.29) is 11.3 Å². The molecule has 0 atom stereocenters. The summed E-state index contributed by atoms with van der Waals surface area (Å²) in [6.07, 6.45) is 0. The first-order valence-corrected chi connectivity index (χ1v) is 9.42. The van der Waals surface area contributed by atoms with Crippen LogP contribution in [0.5, 0.6) is 0 Å². The summed E-state index contributed by atoms with van der Waals surface area (Å²) in [5, 5.41) is 6.36. The minimum Gasteiger partial charge on any atom is -0.317 e. The number of pyridine rings is 1. The molecule has 2 heterocycles. The maximum absolute atomic E-state index is 12.5. The number of hydrogen-bond donors (Lipinski definition) is 2. The second-order valence-electron chi connectivity index (χ2n) is 5.60. The molecule has 2 aromatic heterocycles. The van der Waals surface area contributed by atoms with Crippen molar-refractivity contribution in [1.82, 2.24) is 9.97 Å². The van der Waals surface area contributed by atoms with E-state index in [2.05, 4.69) is 31.2 Å². The zero-order valence-corrected chi connectivity index (χ0v) is 15.7. The second-order valence-corrected chi connectivity index (χ2v) is 7.38. The van der Waals surface area contributed by atoms with Gasteiger partial charge in [0.05, 0.1) is 5.69 Å². The number of amides is 1. The highest BCUT2D eigenvalue weighted by molar-refractivity contribution is 9.10. The number of fused-ring (bicyclic) bond motifs is 1. The molecule has 1 amide bonds. The molecule has 0 saturated heterocycles. The van der Waals surface area contributed by atoms with Gasteiger partial charge >= 0.3 is 0 Å². The molecule has 2 N–H and O–H groups in total. The first-order valence-electron chi connectivity index (χ1n) is 7.75. The Morgan fingerprint density at radius 3 is 2.81 bits per heavy atom. The van der Waals surface area contributed by atoms with Crippen molar-refractivity contribution < 1.29 is 4.79 Å². The minimum absolute atomic E-state index is 0.202. The van der Waals surface area contributed by atoms with Gasteiger partial charge in [-0.1, -0.05) is 46.3 Å². The van der Waals surface area contributed by atoms with E-state index in [0.717, 1.165) is 21.1 Å². The molecule has 0 radical (unpaired) electrons. The van der Waals surface area contributed by atoms with Crippen LogP contribution in [0.1, 0.15) is 10.5 Å². The van der Waals surface area contributed by atoms with Gasteiger partial charge < -0.3 is 4.98 Å². The van der Waals surface area contributed by atoms with Gasteiger partial charge in [-0.2, -0.15) is 0 Å². The largest absolute Gasteiger partial charge is 0.317 e. The van der Waals surface area contributed by atoms with Gasteiger partial charge in [-0.15, -0.1) is 11.3 Å². The van der Waals surface area contributed by atoms with Gasteiger partial charge in [-0.05, 0) is 29.7 Å². The second kappa shape index (κ2) is 6.86. The number of benzene rings is 2. The van der Waals surface area contributed by atoms with Crippen LogP contribution in [0.3, 0.4) is 0 Å². The lowest BCUT2D eigenvalue weighted by atomic mass is 10.1. The third kappa shape index (κ3) is 3.31. The molecule has 0 unspecified atom stereocenters. The van der Waals surface area contributed by atoms with E-state index in [1.54, 1.807) is 24.3 Å². The molecule has 0 bridgehead atoms. The number of thiazole rings is 1. The molecule has 26 heavy (non-hydrogen) atoms. The van der Waals surface area contributed by atoms with E-state index >= 15 is 0 Å².